The fraction of sp³-hybridized carbons (Fsp3) is 0.200. The molecule has 1 aromatic heterocycles. The van der Waals surface area contributed by atoms with Crippen LogP contribution in [0.1, 0.15) is 5.56 Å². The van der Waals surface area contributed by atoms with Gasteiger partial charge in [-0.25, -0.2) is 4.79 Å². The maximum atomic E-state index is 12.0. The van der Waals surface area contributed by atoms with Gasteiger partial charge in [-0.2, -0.15) is 0 Å². The highest BCUT2D eigenvalue weighted by Crippen LogP contribution is 2.29. The van der Waals surface area contributed by atoms with E-state index in [0.717, 1.165) is 10.9 Å². The number of rotatable bonds is 8. The summed E-state index contributed by atoms with van der Waals surface area (Å²) in [5.41, 5.74) is 1.30. The Morgan fingerprint density at radius 2 is 1.81 bits per heavy atom. The van der Waals surface area contributed by atoms with Gasteiger partial charge < -0.3 is 23.9 Å². The SMILES string of the molecule is COC(=O)COc1cccc2c(CNC(=O)COc3ccccc3)coc12. The van der Waals surface area contributed by atoms with Gasteiger partial charge in [0.15, 0.2) is 24.5 Å². The highest BCUT2D eigenvalue weighted by atomic mass is 16.6. The van der Waals surface area contributed by atoms with Crippen molar-refractivity contribution in [3.63, 3.8) is 0 Å². The molecule has 0 bridgehead atoms. The summed E-state index contributed by atoms with van der Waals surface area (Å²) in [6.07, 6.45) is 1.55. The molecule has 0 aliphatic rings. The summed E-state index contributed by atoms with van der Waals surface area (Å²) >= 11 is 0. The molecule has 1 heterocycles. The number of benzene rings is 2. The van der Waals surface area contributed by atoms with Crippen LogP contribution in [0.15, 0.2) is 59.2 Å². The van der Waals surface area contributed by atoms with E-state index in [1.165, 1.54) is 7.11 Å². The number of ether oxygens (including phenoxy) is 3. The lowest BCUT2D eigenvalue weighted by molar-refractivity contribution is -0.142. The molecule has 0 saturated carbocycles. The molecule has 0 radical (unpaired) electrons. The molecule has 7 nitrogen and oxygen atoms in total. The van der Waals surface area contributed by atoms with E-state index >= 15 is 0 Å². The van der Waals surface area contributed by atoms with Gasteiger partial charge in [-0.15, -0.1) is 0 Å². The maximum absolute atomic E-state index is 12.0. The number of fused-ring (bicyclic) bond motifs is 1. The van der Waals surface area contributed by atoms with Crippen LogP contribution in [0.5, 0.6) is 11.5 Å². The first-order valence-electron chi connectivity index (χ1n) is 8.30. The van der Waals surface area contributed by atoms with Gasteiger partial charge in [0.05, 0.1) is 13.4 Å². The summed E-state index contributed by atoms with van der Waals surface area (Å²) < 4.78 is 20.9. The van der Waals surface area contributed by atoms with Crippen LogP contribution in [0.3, 0.4) is 0 Å². The van der Waals surface area contributed by atoms with Gasteiger partial charge in [0, 0.05) is 17.5 Å². The largest absolute Gasteiger partial charge is 0.484 e. The maximum Gasteiger partial charge on any atom is 0.343 e. The molecule has 140 valence electrons. The third-order valence-corrected chi connectivity index (χ3v) is 3.81. The molecule has 1 N–H and O–H groups in total. The standard InChI is InChI=1S/C20H19NO6/c1-24-19(23)13-26-17-9-5-8-16-14(11-27-20(16)17)10-21-18(22)12-25-15-6-3-2-4-7-15/h2-9,11H,10,12-13H2,1H3,(H,21,22). The molecule has 1 amide bonds. The van der Waals surface area contributed by atoms with Gasteiger partial charge in [-0.1, -0.05) is 30.3 Å². The van der Waals surface area contributed by atoms with Crippen LogP contribution in [0.2, 0.25) is 0 Å². The predicted molar refractivity (Wildman–Crippen MR) is 97.5 cm³/mol. The van der Waals surface area contributed by atoms with Crippen molar-refractivity contribution in [1.82, 2.24) is 5.32 Å². The highest BCUT2D eigenvalue weighted by molar-refractivity contribution is 5.87. The van der Waals surface area contributed by atoms with Crippen LogP contribution in [-0.2, 0) is 20.9 Å². The molecular weight excluding hydrogens is 350 g/mol. The molecule has 2 aromatic carbocycles. The minimum absolute atomic E-state index is 0.0761. The molecule has 7 heteroatoms. The molecule has 0 saturated heterocycles. The van der Waals surface area contributed by atoms with E-state index in [0.29, 0.717) is 17.1 Å². The van der Waals surface area contributed by atoms with Gasteiger partial charge in [0.25, 0.3) is 5.91 Å². The van der Waals surface area contributed by atoms with Crippen LogP contribution in [0, 0.1) is 0 Å². The number of carbonyl (C=O) groups excluding carboxylic acids is 2. The predicted octanol–water partition coefficient (Wildman–Crippen LogP) is 2.68. The summed E-state index contributed by atoms with van der Waals surface area (Å²) in [7, 11) is 1.29. The zero-order valence-electron chi connectivity index (χ0n) is 14.8. The number of esters is 1. The molecule has 0 spiro atoms. The minimum Gasteiger partial charge on any atom is -0.484 e. The third-order valence-electron chi connectivity index (χ3n) is 3.81. The zero-order chi connectivity index (χ0) is 19.1. The summed E-state index contributed by atoms with van der Waals surface area (Å²) in [4.78, 5) is 23.2. The second-order valence-corrected chi connectivity index (χ2v) is 5.64. The highest BCUT2D eigenvalue weighted by Gasteiger charge is 2.13. The second kappa shape index (κ2) is 8.75. The lowest BCUT2D eigenvalue weighted by atomic mass is 10.1. The Morgan fingerprint density at radius 1 is 1.00 bits per heavy atom. The molecule has 0 unspecified atom stereocenters. The second-order valence-electron chi connectivity index (χ2n) is 5.64. The van der Waals surface area contributed by atoms with Gasteiger partial charge in [0.2, 0.25) is 0 Å². The van der Waals surface area contributed by atoms with Gasteiger partial charge in [-0.05, 0) is 18.2 Å². The monoisotopic (exact) mass is 369 g/mol. The Kier molecular flexibility index (Phi) is 5.94. The number of hydrogen-bond donors (Lipinski definition) is 1. The Balaban J connectivity index is 1.58. The van der Waals surface area contributed by atoms with Crippen LogP contribution in [-0.4, -0.2) is 32.2 Å². The fourth-order valence-electron chi connectivity index (χ4n) is 2.44. The van der Waals surface area contributed by atoms with Crippen molar-refractivity contribution in [2.24, 2.45) is 0 Å². The Labute approximate surface area is 155 Å². The Morgan fingerprint density at radius 3 is 2.59 bits per heavy atom. The van der Waals surface area contributed by atoms with E-state index in [-0.39, 0.29) is 25.7 Å². The van der Waals surface area contributed by atoms with E-state index in [9.17, 15) is 9.59 Å². The summed E-state index contributed by atoms with van der Waals surface area (Å²) in [5.74, 6) is 0.340. The van der Waals surface area contributed by atoms with Crippen LogP contribution in [0.25, 0.3) is 11.0 Å². The number of methoxy groups -OCH3 is 1. The third kappa shape index (κ3) is 4.78. The quantitative estimate of drug-likeness (QED) is 0.615. The lowest BCUT2D eigenvalue weighted by Gasteiger charge is -2.07. The number of hydrogen-bond acceptors (Lipinski definition) is 6. The molecular formula is C20H19NO6. The van der Waals surface area contributed by atoms with Crippen molar-refractivity contribution in [3.8, 4) is 11.5 Å². The van der Waals surface area contributed by atoms with Gasteiger partial charge in [0.1, 0.15) is 5.75 Å². The van der Waals surface area contributed by atoms with Crippen molar-refractivity contribution < 1.29 is 28.2 Å². The Bertz CT molecular complexity index is 919. The minimum atomic E-state index is -0.482. The normalized spacial score (nSPS) is 10.4. The number of amides is 1. The average Bonchev–Trinajstić information content (AvgIpc) is 3.13. The van der Waals surface area contributed by atoms with Crippen molar-refractivity contribution in [3.05, 3.63) is 60.4 Å². The fourth-order valence-corrected chi connectivity index (χ4v) is 2.44. The topological polar surface area (TPSA) is 87.0 Å². The van der Waals surface area contributed by atoms with Crippen molar-refractivity contribution in [1.29, 1.82) is 0 Å². The van der Waals surface area contributed by atoms with Crippen LogP contribution < -0.4 is 14.8 Å². The number of para-hydroxylation sites is 2. The zero-order valence-corrected chi connectivity index (χ0v) is 14.8. The van der Waals surface area contributed by atoms with Gasteiger partial charge in [-0.3, -0.25) is 4.79 Å². The van der Waals surface area contributed by atoms with E-state index in [1.54, 1.807) is 30.5 Å². The Hall–Kier alpha value is -3.48. The smallest absolute Gasteiger partial charge is 0.343 e. The van der Waals surface area contributed by atoms with E-state index in [4.69, 9.17) is 13.9 Å². The molecule has 3 aromatic rings. The number of carbonyl (C=O) groups is 2. The van der Waals surface area contributed by atoms with E-state index in [2.05, 4.69) is 10.1 Å². The average molecular weight is 369 g/mol. The molecule has 0 fully saturated rings. The van der Waals surface area contributed by atoms with Crippen molar-refractivity contribution in [2.75, 3.05) is 20.3 Å². The number of nitrogens with one attached hydrogen (secondary N) is 1. The summed E-state index contributed by atoms with van der Waals surface area (Å²) in [5, 5.41) is 3.58. The molecule has 0 atom stereocenters. The van der Waals surface area contributed by atoms with Crippen molar-refractivity contribution in [2.45, 2.75) is 6.54 Å². The first-order valence-corrected chi connectivity index (χ1v) is 8.30. The van der Waals surface area contributed by atoms with E-state index < -0.39 is 5.97 Å². The number of furan rings is 1. The van der Waals surface area contributed by atoms with Crippen LogP contribution in [0.4, 0.5) is 0 Å². The van der Waals surface area contributed by atoms with Crippen LogP contribution >= 0.6 is 0 Å². The molecule has 0 aliphatic heterocycles. The molecule has 3 rings (SSSR count). The lowest BCUT2D eigenvalue weighted by Crippen LogP contribution is -2.28. The first-order chi connectivity index (χ1) is 13.2. The summed E-state index contributed by atoms with van der Waals surface area (Å²) in [6.45, 7) is -0.00304. The van der Waals surface area contributed by atoms with Crippen molar-refractivity contribution >= 4 is 22.8 Å². The van der Waals surface area contributed by atoms with E-state index in [1.807, 2.05) is 24.3 Å². The first kappa shape index (κ1) is 18.3. The summed E-state index contributed by atoms with van der Waals surface area (Å²) in [6, 6.07) is 14.5. The molecule has 0 aliphatic carbocycles. The molecule has 27 heavy (non-hydrogen) atoms. The van der Waals surface area contributed by atoms with Gasteiger partial charge >= 0.3 is 5.97 Å².